The number of aryl methyl sites for hydroxylation is 1. The Morgan fingerprint density at radius 2 is 1.89 bits per heavy atom. The van der Waals surface area contributed by atoms with Crippen molar-refractivity contribution in [2.75, 3.05) is 13.2 Å². The van der Waals surface area contributed by atoms with Crippen LogP contribution in [0.25, 0.3) is 10.9 Å². The summed E-state index contributed by atoms with van der Waals surface area (Å²) in [5.41, 5.74) is 4.10. The van der Waals surface area contributed by atoms with Crippen LogP contribution in [0.5, 0.6) is 11.5 Å². The van der Waals surface area contributed by atoms with E-state index < -0.39 is 6.09 Å². The zero-order valence-electron chi connectivity index (χ0n) is 20.6. The first kappa shape index (κ1) is 24.1. The number of hydrogen-bond donors (Lipinski definition) is 1. The van der Waals surface area contributed by atoms with Crippen molar-refractivity contribution in [2.45, 2.75) is 25.4 Å². The van der Waals surface area contributed by atoms with Gasteiger partial charge in [0.05, 0.1) is 6.61 Å². The highest BCUT2D eigenvalue weighted by Crippen LogP contribution is 2.40. The minimum absolute atomic E-state index is 0.345. The van der Waals surface area contributed by atoms with E-state index in [0.717, 1.165) is 40.9 Å². The minimum atomic E-state index is -0.392. The van der Waals surface area contributed by atoms with E-state index in [1.165, 1.54) is 11.9 Å². The molecule has 0 saturated heterocycles. The van der Waals surface area contributed by atoms with Crippen molar-refractivity contribution in [3.8, 4) is 11.5 Å². The lowest BCUT2D eigenvalue weighted by atomic mass is 9.92. The van der Waals surface area contributed by atoms with Crippen LogP contribution < -0.4 is 9.47 Å². The van der Waals surface area contributed by atoms with Gasteiger partial charge in [0.15, 0.2) is 0 Å². The molecule has 1 unspecified atom stereocenters. The van der Waals surface area contributed by atoms with Crippen LogP contribution in [0.2, 0.25) is 5.02 Å². The molecular weight excluding hydrogens is 502 g/mol. The maximum absolute atomic E-state index is 13.4. The highest BCUT2D eigenvalue weighted by atomic mass is 35.5. The van der Waals surface area contributed by atoms with Crippen molar-refractivity contribution in [2.24, 2.45) is 0 Å². The standard InChI is InChI=1S/C29H26ClN5O3/c30-21-9-12-26-25(17-21)24-13-15-35(29(36)38-23-5-2-1-3-6-23)28(27(24)33-26)20-7-10-22(11-8-20)37-16-4-14-34-19-31-18-32-34/h1-3,5-12,17-19,28,33H,4,13-16H2. The molecule has 1 amide bonds. The number of hydrogen-bond acceptors (Lipinski definition) is 5. The third-order valence-corrected chi connectivity index (χ3v) is 6.97. The number of nitrogens with zero attached hydrogens (tertiary/aromatic N) is 4. The van der Waals surface area contributed by atoms with Crippen molar-refractivity contribution in [3.63, 3.8) is 0 Å². The molecule has 0 spiro atoms. The van der Waals surface area contributed by atoms with Gasteiger partial charge < -0.3 is 14.5 Å². The van der Waals surface area contributed by atoms with Crippen molar-refractivity contribution >= 4 is 28.6 Å². The Kier molecular flexibility index (Phi) is 6.71. The molecule has 9 heteroatoms. The lowest BCUT2D eigenvalue weighted by Gasteiger charge is -2.35. The summed E-state index contributed by atoms with van der Waals surface area (Å²) in [5.74, 6) is 1.28. The molecule has 3 heterocycles. The van der Waals surface area contributed by atoms with Gasteiger partial charge in [0.2, 0.25) is 0 Å². The Labute approximate surface area is 224 Å². The SMILES string of the molecule is O=C(Oc1ccccc1)N1CCc2c([nH]c3ccc(Cl)cc23)C1c1ccc(OCCCn2cncn2)cc1. The van der Waals surface area contributed by atoms with Crippen LogP contribution in [0.4, 0.5) is 4.79 Å². The number of nitrogens with one attached hydrogen (secondary N) is 1. The second-order valence-electron chi connectivity index (χ2n) is 9.16. The Hall–Kier alpha value is -4.30. The lowest BCUT2D eigenvalue weighted by molar-refractivity contribution is 0.135. The van der Waals surface area contributed by atoms with Gasteiger partial charge in [-0.15, -0.1) is 0 Å². The van der Waals surface area contributed by atoms with Crippen LogP contribution in [0.1, 0.15) is 29.3 Å². The maximum Gasteiger partial charge on any atom is 0.416 e. The predicted molar refractivity (Wildman–Crippen MR) is 145 cm³/mol. The summed E-state index contributed by atoms with van der Waals surface area (Å²) in [6, 6.07) is 22.5. The molecule has 0 bridgehead atoms. The number of aromatic amines is 1. The molecule has 3 aromatic carbocycles. The van der Waals surface area contributed by atoms with Gasteiger partial charge in [0, 0.05) is 41.1 Å². The summed E-state index contributed by atoms with van der Waals surface area (Å²) in [6.45, 7) is 1.82. The molecule has 1 N–H and O–H groups in total. The third kappa shape index (κ3) is 4.95. The molecule has 0 saturated carbocycles. The van der Waals surface area contributed by atoms with E-state index in [1.807, 2.05) is 60.7 Å². The van der Waals surface area contributed by atoms with E-state index in [4.69, 9.17) is 21.1 Å². The van der Waals surface area contributed by atoms with E-state index in [1.54, 1.807) is 28.0 Å². The quantitative estimate of drug-likeness (QED) is 0.261. The number of carbonyl (C=O) groups excluding carboxylic acids is 1. The average molecular weight is 528 g/mol. The van der Waals surface area contributed by atoms with Crippen LogP contribution in [-0.2, 0) is 13.0 Å². The van der Waals surface area contributed by atoms with Crippen molar-refractivity contribution < 1.29 is 14.3 Å². The number of aromatic nitrogens is 4. The van der Waals surface area contributed by atoms with Crippen molar-refractivity contribution in [1.82, 2.24) is 24.6 Å². The third-order valence-electron chi connectivity index (χ3n) is 6.73. The zero-order valence-corrected chi connectivity index (χ0v) is 21.3. The van der Waals surface area contributed by atoms with Crippen molar-refractivity contribution in [1.29, 1.82) is 0 Å². The fraction of sp³-hybridized carbons (Fsp3) is 0.207. The van der Waals surface area contributed by atoms with Crippen LogP contribution in [0.15, 0.2) is 85.5 Å². The number of para-hydroxylation sites is 1. The van der Waals surface area contributed by atoms with E-state index in [0.29, 0.717) is 30.3 Å². The lowest BCUT2D eigenvalue weighted by Crippen LogP contribution is -2.42. The summed E-state index contributed by atoms with van der Waals surface area (Å²) in [7, 11) is 0. The average Bonchev–Trinajstić information content (AvgIpc) is 3.59. The molecule has 0 aliphatic carbocycles. The summed E-state index contributed by atoms with van der Waals surface area (Å²) >= 11 is 6.32. The van der Waals surface area contributed by atoms with Crippen LogP contribution in [0.3, 0.4) is 0 Å². The number of rotatable bonds is 7. The van der Waals surface area contributed by atoms with E-state index >= 15 is 0 Å². The van der Waals surface area contributed by atoms with Gasteiger partial charge in [-0.1, -0.05) is 41.9 Å². The first-order chi connectivity index (χ1) is 18.7. The molecule has 5 aromatic rings. The predicted octanol–water partition coefficient (Wildman–Crippen LogP) is 6.03. The smallest absolute Gasteiger partial charge is 0.416 e. The summed E-state index contributed by atoms with van der Waals surface area (Å²) in [6.07, 6.45) is 4.34. The molecule has 192 valence electrons. The molecular formula is C29H26ClN5O3. The Morgan fingerprint density at radius 3 is 2.68 bits per heavy atom. The summed E-state index contributed by atoms with van der Waals surface area (Å²) < 4.78 is 13.5. The zero-order chi connectivity index (χ0) is 25.9. The van der Waals surface area contributed by atoms with Crippen LogP contribution in [0, 0.1) is 0 Å². The van der Waals surface area contributed by atoms with Crippen LogP contribution >= 0.6 is 11.6 Å². The second kappa shape index (κ2) is 10.6. The van der Waals surface area contributed by atoms with Gasteiger partial charge in [0.25, 0.3) is 0 Å². The van der Waals surface area contributed by atoms with E-state index in [2.05, 4.69) is 15.1 Å². The molecule has 1 aliphatic heterocycles. The van der Waals surface area contributed by atoms with Gasteiger partial charge in [0.1, 0.15) is 30.2 Å². The number of fused-ring (bicyclic) bond motifs is 3. The second-order valence-corrected chi connectivity index (χ2v) is 9.60. The molecule has 0 fully saturated rings. The Bertz CT molecular complexity index is 1530. The summed E-state index contributed by atoms with van der Waals surface area (Å²) in [4.78, 5) is 22.7. The number of benzene rings is 3. The first-order valence-corrected chi connectivity index (χ1v) is 12.9. The van der Waals surface area contributed by atoms with Crippen LogP contribution in [-0.4, -0.2) is 43.9 Å². The highest BCUT2D eigenvalue weighted by molar-refractivity contribution is 6.31. The van der Waals surface area contributed by atoms with Gasteiger partial charge in [-0.3, -0.25) is 9.58 Å². The molecule has 1 aliphatic rings. The molecule has 1 atom stereocenters. The number of halogens is 1. The molecule has 8 nitrogen and oxygen atoms in total. The van der Waals surface area contributed by atoms with E-state index in [9.17, 15) is 4.79 Å². The summed E-state index contributed by atoms with van der Waals surface area (Å²) in [5, 5.41) is 5.88. The highest BCUT2D eigenvalue weighted by Gasteiger charge is 2.35. The molecule has 0 radical (unpaired) electrons. The van der Waals surface area contributed by atoms with Gasteiger partial charge in [-0.05, 0) is 60.0 Å². The number of ether oxygens (including phenoxy) is 2. The fourth-order valence-corrected chi connectivity index (χ4v) is 5.14. The number of H-pyrrole nitrogens is 1. The monoisotopic (exact) mass is 527 g/mol. The molecule has 6 rings (SSSR count). The Morgan fingerprint density at radius 1 is 1.05 bits per heavy atom. The molecule has 2 aromatic heterocycles. The van der Waals surface area contributed by atoms with Crippen molar-refractivity contribution in [3.05, 3.63) is 107 Å². The largest absolute Gasteiger partial charge is 0.494 e. The number of carbonyl (C=O) groups is 1. The maximum atomic E-state index is 13.4. The van der Waals surface area contributed by atoms with Gasteiger partial charge in [-0.2, -0.15) is 5.10 Å². The Balaban J connectivity index is 1.26. The molecule has 38 heavy (non-hydrogen) atoms. The van der Waals surface area contributed by atoms with Gasteiger partial charge >= 0.3 is 6.09 Å². The minimum Gasteiger partial charge on any atom is -0.494 e. The first-order valence-electron chi connectivity index (χ1n) is 12.5. The fourth-order valence-electron chi connectivity index (χ4n) is 4.96. The van der Waals surface area contributed by atoms with E-state index in [-0.39, 0.29) is 6.04 Å². The van der Waals surface area contributed by atoms with Gasteiger partial charge in [-0.25, -0.2) is 9.78 Å². The normalized spacial score (nSPS) is 14.9. The number of amides is 1. The topological polar surface area (TPSA) is 85.3 Å².